The van der Waals surface area contributed by atoms with Crippen molar-refractivity contribution in [2.24, 2.45) is 5.92 Å². The van der Waals surface area contributed by atoms with Gasteiger partial charge in [-0.15, -0.1) is 11.6 Å². The van der Waals surface area contributed by atoms with Gasteiger partial charge in [0.15, 0.2) is 0 Å². The Morgan fingerprint density at radius 2 is 1.50 bits per heavy atom. The van der Waals surface area contributed by atoms with Gasteiger partial charge in [0.1, 0.15) is 0 Å². The number of rotatable bonds is 9. The first-order chi connectivity index (χ1) is 13.0. The summed E-state index contributed by atoms with van der Waals surface area (Å²) in [5.41, 5.74) is 1.22. The number of hydrazine groups is 1. The molecule has 7 nitrogen and oxygen atoms in total. The smallest absolute Gasteiger partial charge is 0.436 e. The highest BCUT2D eigenvalue weighted by Gasteiger charge is 2.34. The molecule has 28 heavy (non-hydrogen) atoms. The molecular weight excluding hydrogens is 360 g/mol. The van der Waals surface area contributed by atoms with Crippen LogP contribution in [-0.2, 0) is 14.3 Å². The van der Waals surface area contributed by atoms with E-state index in [2.05, 4.69) is 12.7 Å². The number of nitrogens with zero attached hydrogens (tertiary/aromatic N) is 2. The van der Waals surface area contributed by atoms with Gasteiger partial charge in [0.2, 0.25) is 0 Å². The van der Waals surface area contributed by atoms with Gasteiger partial charge in [-0.1, -0.05) is 24.6 Å². The van der Waals surface area contributed by atoms with E-state index in [1.54, 1.807) is 27.7 Å². The van der Waals surface area contributed by atoms with E-state index in [-0.39, 0.29) is 18.9 Å². The van der Waals surface area contributed by atoms with Crippen LogP contribution in [0, 0.1) is 5.92 Å². The third-order valence-corrected chi connectivity index (χ3v) is 3.57. The topological polar surface area (TPSA) is 76.2 Å². The van der Waals surface area contributed by atoms with Gasteiger partial charge in [-0.3, -0.25) is 4.79 Å². The molecule has 0 heterocycles. The number of ether oxygens (including phenoxy) is 2. The monoisotopic (exact) mass is 396 g/mol. The summed E-state index contributed by atoms with van der Waals surface area (Å²) in [6.07, 6.45) is 2.72. The largest absolute Gasteiger partial charge is 0.445 e. The minimum absolute atomic E-state index is 0.0316. The van der Waals surface area contributed by atoms with Gasteiger partial charge in [0.05, 0.1) is 18.8 Å². The first kappa shape index (κ1) is 25.7. The van der Waals surface area contributed by atoms with E-state index in [4.69, 9.17) is 9.47 Å². The predicted octanol–water partition coefficient (Wildman–Crippen LogP) is 5.08. The Bertz CT molecular complexity index is 565. The van der Waals surface area contributed by atoms with Crippen LogP contribution in [-0.4, -0.2) is 46.9 Å². The Kier molecular flexibility index (Phi) is 11.9. The maximum atomic E-state index is 12.9. The van der Waals surface area contributed by atoms with Crippen LogP contribution in [0.5, 0.6) is 0 Å². The number of amides is 3. The summed E-state index contributed by atoms with van der Waals surface area (Å²) in [5, 5.41) is 1.67. The van der Waals surface area contributed by atoms with Gasteiger partial charge >= 0.3 is 12.2 Å². The van der Waals surface area contributed by atoms with Crippen LogP contribution in [0.15, 0.2) is 24.3 Å². The molecule has 0 radical (unpaired) electrons. The fraction of sp³-hybridized carbons (Fsp3) is 0.667. The Hall–Kier alpha value is -2.31. The van der Waals surface area contributed by atoms with Crippen LogP contribution in [0.2, 0.25) is 0 Å². The molecule has 0 aromatic rings. The molecule has 3 amide bonds. The molecule has 0 aliphatic carbocycles. The second-order valence-electron chi connectivity index (χ2n) is 7.61. The summed E-state index contributed by atoms with van der Waals surface area (Å²) in [7, 11) is 0. The minimum Gasteiger partial charge on any atom is -0.445 e. The van der Waals surface area contributed by atoms with Gasteiger partial charge < -0.3 is 9.47 Å². The third kappa shape index (κ3) is 10.1. The molecule has 0 rings (SSSR count). The summed E-state index contributed by atoms with van der Waals surface area (Å²) >= 11 is 0. The van der Waals surface area contributed by atoms with Crippen LogP contribution in [0.4, 0.5) is 9.59 Å². The molecule has 0 aliphatic heterocycles. The predicted molar refractivity (Wildman–Crippen MR) is 109 cm³/mol. The summed E-state index contributed by atoms with van der Waals surface area (Å²) in [4.78, 5) is 37.9. The first-order valence-electron chi connectivity index (χ1n) is 9.75. The number of hydrogen-bond acceptors (Lipinski definition) is 5. The number of carbonyl (C=O) groups is 3. The molecule has 0 unspecified atom stereocenters. The zero-order chi connectivity index (χ0) is 21.9. The fourth-order valence-corrected chi connectivity index (χ4v) is 2.35. The highest BCUT2D eigenvalue weighted by atomic mass is 16.6. The molecule has 0 saturated heterocycles. The zero-order valence-corrected chi connectivity index (χ0v) is 18.4. The van der Waals surface area contributed by atoms with Crippen LogP contribution in [0.3, 0.4) is 0 Å². The lowest BCUT2D eigenvalue weighted by Gasteiger charge is -2.32. The zero-order valence-electron chi connectivity index (χ0n) is 18.4. The Labute approximate surface area is 169 Å². The molecular formula is C21H36N2O5. The third-order valence-electron chi connectivity index (χ3n) is 3.57. The second kappa shape index (κ2) is 13.0. The summed E-state index contributed by atoms with van der Waals surface area (Å²) in [6, 6.07) is 0. The number of carbonyl (C=O) groups excluding carboxylic acids is 3. The number of hydrogen-bond donors (Lipinski definition) is 0. The van der Waals surface area contributed by atoms with E-state index < -0.39 is 30.3 Å². The molecule has 0 bridgehead atoms. The van der Waals surface area contributed by atoms with Crippen molar-refractivity contribution in [3.63, 3.8) is 0 Å². The van der Waals surface area contributed by atoms with Gasteiger partial charge in [0.25, 0.3) is 5.91 Å². The van der Waals surface area contributed by atoms with E-state index in [9.17, 15) is 14.4 Å². The van der Waals surface area contributed by atoms with Gasteiger partial charge in [-0.2, -0.15) is 0 Å². The normalized spacial score (nSPS) is 11.6. The van der Waals surface area contributed by atoms with Crippen molar-refractivity contribution < 1.29 is 23.9 Å². The van der Waals surface area contributed by atoms with Crippen molar-refractivity contribution in [2.75, 3.05) is 6.54 Å². The van der Waals surface area contributed by atoms with Crippen molar-refractivity contribution in [2.45, 2.75) is 79.9 Å². The van der Waals surface area contributed by atoms with Crippen molar-refractivity contribution in [3.8, 4) is 0 Å². The summed E-state index contributed by atoms with van der Waals surface area (Å²) in [6.45, 7) is 16.2. The van der Waals surface area contributed by atoms with Crippen LogP contribution in [0.1, 0.15) is 67.7 Å². The standard InChI is InChI=1S/C21H36N2O5/c1-9-13-22(20(25)27-16(4)5)23(21(26)28-17(6)7)19(24)14-18(8)12-10-11-15(2)3/h9,11,16-18H,1,10,12-14H2,2-8H3/t18-/m0/s1. The van der Waals surface area contributed by atoms with Crippen molar-refractivity contribution >= 4 is 18.1 Å². The Morgan fingerprint density at radius 3 is 1.96 bits per heavy atom. The average molecular weight is 397 g/mol. The van der Waals surface area contributed by atoms with Crippen molar-refractivity contribution in [1.29, 1.82) is 0 Å². The molecule has 1 atom stereocenters. The minimum atomic E-state index is -0.904. The van der Waals surface area contributed by atoms with Gasteiger partial charge in [-0.05, 0) is 60.3 Å². The SMILES string of the molecule is C=CCN(C(=O)OC(C)C)N(C(=O)C[C@@H](C)CCC=C(C)C)C(=O)OC(C)C. The van der Waals surface area contributed by atoms with E-state index in [1.165, 1.54) is 11.6 Å². The highest BCUT2D eigenvalue weighted by Crippen LogP contribution is 2.17. The molecule has 0 N–H and O–H groups in total. The highest BCUT2D eigenvalue weighted by molar-refractivity contribution is 5.93. The quantitative estimate of drug-likeness (QED) is 0.401. The summed E-state index contributed by atoms with van der Waals surface area (Å²) < 4.78 is 10.4. The first-order valence-corrected chi connectivity index (χ1v) is 9.75. The molecule has 0 fully saturated rings. The maximum Gasteiger partial charge on any atom is 0.436 e. The van der Waals surface area contributed by atoms with Crippen LogP contribution in [0.25, 0.3) is 0 Å². The van der Waals surface area contributed by atoms with Crippen molar-refractivity contribution in [3.05, 3.63) is 24.3 Å². The fourth-order valence-electron chi connectivity index (χ4n) is 2.35. The van der Waals surface area contributed by atoms with E-state index >= 15 is 0 Å². The van der Waals surface area contributed by atoms with E-state index in [0.717, 1.165) is 22.9 Å². The van der Waals surface area contributed by atoms with Gasteiger partial charge in [0, 0.05) is 6.42 Å². The van der Waals surface area contributed by atoms with Crippen LogP contribution >= 0.6 is 0 Å². The van der Waals surface area contributed by atoms with Gasteiger partial charge in [-0.25, -0.2) is 14.6 Å². The Balaban J connectivity index is 5.48. The lowest BCUT2D eigenvalue weighted by molar-refractivity contribution is -0.143. The number of allylic oxidation sites excluding steroid dienone is 2. The van der Waals surface area contributed by atoms with E-state index in [0.29, 0.717) is 0 Å². The molecule has 0 aliphatic rings. The second-order valence-corrected chi connectivity index (χ2v) is 7.61. The van der Waals surface area contributed by atoms with Crippen molar-refractivity contribution in [1.82, 2.24) is 10.0 Å². The maximum absolute atomic E-state index is 12.9. The molecule has 0 aromatic carbocycles. The lowest BCUT2D eigenvalue weighted by Crippen LogP contribution is -2.54. The lowest BCUT2D eigenvalue weighted by atomic mass is 10.0. The molecule has 160 valence electrons. The average Bonchev–Trinajstić information content (AvgIpc) is 2.52. The summed E-state index contributed by atoms with van der Waals surface area (Å²) in [5.74, 6) is -0.484. The van der Waals surface area contributed by atoms with Crippen LogP contribution < -0.4 is 0 Å². The molecule has 0 saturated carbocycles. The molecule has 7 heteroatoms. The molecule has 0 aromatic heterocycles. The number of imide groups is 1. The molecule has 0 spiro atoms. The van der Waals surface area contributed by atoms with E-state index in [1.807, 2.05) is 20.8 Å². The Morgan fingerprint density at radius 1 is 0.964 bits per heavy atom.